The molecule has 0 aliphatic carbocycles. The van der Waals surface area contributed by atoms with Gasteiger partial charge in [-0.2, -0.15) is 5.10 Å². The van der Waals surface area contributed by atoms with E-state index in [0.717, 1.165) is 0 Å². The summed E-state index contributed by atoms with van der Waals surface area (Å²) in [6.07, 6.45) is 1.32. The Hall–Kier alpha value is -1.88. The van der Waals surface area contributed by atoms with Crippen LogP contribution in [0.5, 0.6) is 0 Å². The first-order chi connectivity index (χ1) is 8.63. The van der Waals surface area contributed by atoms with Gasteiger partial charge in [-0.3, -0.25) is 0 Å². The van der Waals surface area contributed by atoms with Gasteiger partial charge in [-0.1, -0.05) is 11.6 Å². The van der Waals surface area contributed by atoms with Gasteiger partial charge in [0.15, 0.2) is 0 Å². The van der Waals surface area contributed by atoms with E-state index in [1.54, 1.807) is 6.92 Å². The normalized spacial score (nSPS) is 10.4. The highest BCUT2D eigenvalue weighted by molar-refractivity contribution is 6.32. The van der Waals surface area contributed by atoms with Crippen LogP contribution < -0.4 is 0 Å². The lowest BCUT2D eigenvalue weighted by atomic mass is 10.3. The van der Waals surface area contributed by atoms with Crippen molar-refractivity contribution in [2.24, 2.45) is 0 Å². The van der Waals surface area contributed by atoms with E-state index in [1.165, 1.54) is 35.1 Å². The zero-order valence-electron chi connectivity index (χ0n) is 9.56. The molecule has 2 aromatic rings. The molecule has 1 heterocycles. The molecular formula is C12H10ClFN2O2. The number of esters is 1. The summed E-state index contributed by atoms with van der Waals surface area (Å²) in [5.74, 6) is -0.886. The molecule has 0 fully saturated rings. The van der Waals surface area contributed by atoms with E-state index in [4.69, 9.17) is 16.3 Å². The molecule has 18 heavy (non-hydrogen) atoms. The Morgan fingerprint density at radius 3 is 2.72 bits per heavy atom. The molecule has 0 saturated carbocycles. The zero-order valence-corrected chi connectivity index (χ0v) is 10.3. The van der Waals surface area contributed by atoms with Crippen LogP contribution in [0.4, 0.5) is 4.39 Å². The number of nitrogens with zero attached hydrogens (tertiary/aromatic N) is 2. The molecule has 0 saturated heterocycles. The number of aromatic nitrogens is 2. The predicted octanol–water partition coefficient (Wildman–Crippen LogP) is 2.84. The van der Waals surface area contributed by atoms with Crippen molar-refractivity contribution in [3.8, 4) is 5.69 Å². The summed E-state index contributed by atoms with van der Waals surface area (Å²) in [6, 6.07) is 5.61. The van der Waals surface area contributed by atoms with Crippen molar-refractivity contribution in [2.75, 3.05) is 6.61 Å². The first-order valence-electron chi connectivity index (χ1n) is 5.30. The van der Waals surface area contributed by atoms with Crippen LogP contribution in [0.3, 0.4) is 0 Å². The summed E-state index contributed by atoms with van der Waals surface area (Å²) in [5.41, 5.74) is 0.750. The molecule has 0 spiro atoms. The second kappa shape index (κ2) is 5.18. The van der Waals surface area contributed by atoms with Crippen molar-refractivity contribution < 1.29 is 13.9 Å². The molecule has 1 aromatic carbocycles. The van der Waals surface area contributed by atoms with Gasteiger partial charge in [-0.05, 0) is 31.2 Å². The van der Waals surface area contributed by atoms with E-state index in [9.17, 15) is 9.18 Å². The quantitative estimate of drug-likeness (QED) is 0.804. The van der Waals surface area contributed by atoms with E-state index in [2.05, 4.69) is 5.10 Å². The fraction of sp³-hybridized carbons (Fsp3) is 0.167. The van der Waals surface area contributed by atoms with Crippen LogP contribution in [-0.4, -0.2) is 22.4 Å². The summed E-state index contributed by atoms with van der Waals surface area (Å²) in [4.78, 5) is 11.5. The van der Waals surface area contributed by atoms with Crippen molar-refractivity contribution in [3.05, 3.63) is 47.0 Å². The van der Waals surface area contributed by atoms with Crippen LogP contribution in [0.2, 0.25) is 5.15 Å². The van der Waals surface area contributed by atoms with Crippen molar-refractivity contribution in [1.82, 2.24) is 9.78 Å². The third-order valence-corrected chi connectivity index (χ3v) is 2.64. The topological polar surface area (TPSA) is 44.1 Å². The van der Waals surface area contributed by atoms with E-state index in [1.807, 2.05) is 0 Å². The third-order valence-electron chi connectivity index (χ3n) is 2.28. The molecule has 0 unspecified atom stereocenters. The van der Waals surface area contributed by atoms with Crippen molar-refractivity contribution >= 4 is 17.6 Å². The monoisotopic (exact) mass is 268 g/mol. The summed E-state index contributed by atoms with van der Waals surface area (Å²) >= 11 is 6.04. The molecule has 0 bridgehead atoms. The molecular weight excluding hydrogens is 259 g/mol. The summed E-state index contributed by atoms with van der Waals surface area (Å²) in [7, 11) is 0. The van der Waals surface area contributed by atoms with E-state index in [0.29, 0.717) is 5.69 Å². The fourth-order valence-electron chi connectivity index (χ4n) is 1.44. The molecule has 0 N–H and O–H groups in total. The molecule has 0 radical (unpaired) electrons. The maximum Gasteiger partial charge on any atom is 0.342 e. The van der Waals surface area contributed by atoms with Gasteiger partial charge < -0.3 is 4.74 Å². The van der Waals surface area contributed by atoms with E-state index >= 15 is 0 Å². The zero-order chi connectivity index (χ0) is 13.1. The molecule has 0 atom stereocenters. The summed E-state index contributed by atoms with van der Waals surface area (Å²) in [5, 5.41) is 4.12. The molecule has 94 valence electrons. The largest absolute Gasteiger partial charge is 0.462 e. The lowest BCUT2D eigenvalue weighted by molar-refractivity contribution is 0.0526. The van der Waals surface area contributed by atoms with Crippen molar-refractivity contribution in [2.45, 2.75) is 6.92 Å². The molecule has 1 aromatic heterocycles. The van der Waals surface area contributed by atoms with Crippen LogP contribution in [0, 0.1) is 5.82 Å². The Morgan fingerprint density at radius 1 is 1.44 bits per heavy atom. The molecule has 6 heteroatoms. The van der Waals surface area contributed by atoms with Gasteiger partial charge in [0.05, 0.1) is 18.5 Å². The number of benzene rings is 1. The lowest BCUT2D eigenvalue weighted by Gasteiger charge is -2.03. The maximum absolute atomic E-state index is 12.8. The predicted molar refractivity (Wildman–Crippen MR) is 64.5 cm³/mol. The van der Waals surface area contributed by atoms with Gasteiger partial charge in [0.25, 0.3) is 0 Å². The number of hydrogen-bond donors (Lipinski definition) is 0. The fourth-order valence-corrected chi connectivity index (χ4v) is 1.71. The van der Waals surface area contributed by atoms with Gasteiger partial charge >= 0.3 is 5.97 Å². The van der Waals surface area contributed by atoms with Gasteiger partial charge in [0.2, 0.25) is 0 Å². The number of halogens is 2. The molecule has 0 aliphatic rings. The Morgan fingerprint density at radius 2 is 2.11 bits per heavy atom. The molecule has 4 nitrogen and oxygen atoms in total. The minimum absolute atomic E-state index is 0.139. The van der Waals surface area contributed by atoms with Crippen molar-refractivity contribution in [1.29, 1.82) is 0 Å². The Bertz CT molecular complexity index is 566. The summed E-state index contributed by atoms with van der Waals surface area (Å²) < 4.78 is 19.0. The second-order valence-electron chi connectivity index (χ2n) is 3.46. The second-order valence-corrected chi connectivity index (χ2v) is 3.82. The van der Waals surface area contributed by atoms with Crippen molar-refractivity contribution in [3.63, 3.8) is 0 Å². The first kappa shape index (κ1) is 12.6. The molecule has 0 amide bonds. The average Bonchev–Trinajstić information content (AvgIpc) is 2.73. The minimum Gasteiger partial charge on any atom is -0.462 e. The number of hydrogen-bond acceptors (Lipinski definition) is 3. The molecule has 2 rings (SSSR count). The Kier molecular flexibility index (Phi) is 3.62. The minimum atomic E-state index is -0.532. The average molecular weight is 269 g/mol. The smallest absolute Gasteiger partial charge is 0.342 e. The van der Waals surface area contributed by atoms with Crippen LogP contribution in [0.25, 0.3) is 5.69 Å². The van der Waals surface area contributed by atoms with Crippen LogP contribution in [0.1, 0.15) is 17.3 Å². The Labute approximate surface area is 108 Å². The lowest BCUT2D eigenvalue weighted by Crippen LogP contribution is -2.04. The highest BCUT2D eigenvalue weighted by Gasteiger charge is 2.17. The summed E-state index contributed by atoms with van der Waals surface area (Å²) in [6.45, 7) is 1.97. The number of carbonyl (C=O) groups is 1. The van der Waals surface area contributed by atoms with Crippen LogP contribution in [-0.2, 0) is 4.74 Å². The highest BCUT2D eigenvalue weighted by atomic mass is 35.5. The first-order valence-corrected chi connectivity index (χ1v) is 5.68. The third kappa shape index (κ3) is 2.36. The van der Waals surface area contributed by atoms with E-state index in [-0.39, 0.29) is 23.1 Å². The Balaban J connectivity index is 2.36. The van der Waals surface area contributed by atoms with Gasteiger partial charge in [0, 0.05) is 0 Å². The van der Waals surface area contributed by atoms with Crippen LogP contribution in [0.15, 0.2) is 30.5 Å². The SMILES string of the molecule is CCOC(=O)c1cnn(-c2ccc(F)cc2)c1Cl. The van der Waals surface area contributed by atoms with E-state index < -0.39 is 5.97 Å². The van der Waals surface area contributed by atoms with Gasteiger partial charge in [0.1, 0.15) is 16.5 Å². The highest BCUT2D eigenvalue weighted by Crippen LogP contribution is 2.21. The maximum atomic E-state index is 12.8. The number of rotatable bonds is 3. The number of ether oxygens (including phenoxy) is 1. The standard InChI is InChI=1S/C12H10ClFN2O2/c1-2-18-12(17)10-7-15-16(11(10)13)9-5-3-8(14)4-6-9/h3-7H,2H2,1H3. The number of carbonyl (C=O) groups excluding carboxylic acids is 1. The van der Waals surface area contributed by atoms with Gasteiger partial charge in [-0.25, -0.2) is 13.9 Å². The molecule has 0 aliphatic heterocycles. The van der Waals surface area contributed by atoms with Crippen LogP contribution >= 0.6 is 11.6 Å². The van der Waals surface area contributed by atoms with Gasteiger partial charge in [-0.15, -0.1) is 0 Å².